The fourth-order valence-corrected chi connectivity index (χ4v) is 2.07. The summed E-state index contributed by atoms with van der Waals surface area (Å²) in [5.41, 5.74) is 1.99. The SMILES string of the molecule is Cc1csc(Cc2ncc(CCl)cn2)n1. The highest BCUT2D eigenvalue weighted by Crippen LogP contribution is 2.12. The molecule has 2 aromatic rings. The summed E-state index contributed by atoms with van der Waals surface area (Å²) in [5, 5.41) is 3.08. The molecule has 0 aliphatic rings. The van der Waals surface area contributed by atoms with Crippen LogP contribution in [0.25, 0.3) is 0 Å². The molecule has 0 unspecified atom stereocenters. The Morgan fingerprint density at radius 3 is 2.60 bits per heavy atom. The number of aryl methyl sites for hydroxylation is 1. The quantitative estimate of drug-likeness (QED) is 0.773. The molecule has 0 bridgehead atoms. The van der Waals surface area contributed by atoms with Gasteiger partial charge in [0.1, 0.15) is 10.8 Å². The topological polar surface area (TPSA) is 38.7 Å². The molecule has 0 radical (unpaired) electrons. The molecule has 0 spiro atoms. The molecule has 5 heteroatoms. The maximum absolute atomic E-state index is 5.65. The van der Waals surface area contributed by atoms with Crippen LogP contribution in [0, 0.1) is 6.92 Å². The van der Waals surface area contributed by atoms with Gasteiger partial charge in [0, 0.05) is 29.0 Å². The number of hydrogen-bond donors (Lipinski definition) is 0. The standard InChI is InChI=1S/C10H10ClN3S/c1-7-6-15-10(14-7)2-9-12-4-8(3-11)5-13-9/h4-6H,2-3H2,1H3. The van der Waals surface area contributed by atoms with Crippen molar-refractivity contribution in [2.75, 3.05) is 0 Å². The van der Waals surface area contributed by atoms with Crippen LogP contribution in [0.3, 0.4) is 0 Å². The lowest BCUT2D eigenvalue weighted by Gasteiger charge is -1.97. The molecule has 0 aromatic carbocycles. The lowest BCUT2D eigenvalue weighted by atomic mass is 10.3. The van der Waals surface area contributed by atoms with E-state index in [-0.39, 0.29) is 0 Å². The van der Waals surface area contributed by atoms with Crippen molar-refractivity contribution < 1.29 is 0 Å². The third-order valence-corrected chi connectivity index (χ3v) is 3.16. The van der Waals surface area contributed by atoms with E-state index in [1.54, 1.807) is 23.7 Å². The maximum Gasteiger partial charge on any atom is 0.135 e. The molecule has 2 aromatic heterocycles. The van der Waals surface area contributed by atoms with Gasteiger partial charge in [0.25, 0.3) is 0 Å². The first kappa shape index (κ1) is 10.5. The van der Waals surface area contributed by atoms with Crippen molar-refractivity contribution >= 4 is 22.9 Å². The van der Waals surface area contributed by atoms with E-state index in [4.69, 9.17) is 11.6 Å². The first-order valence-corrected chi connectivity index (χ1v) is 5.96. The summed E-state index contributed by atoms with van der Waals surface area (Å²) in [7, 11) is 0. The molecule has 0 fully saturated rings. The Morgan fingerprint density at radius 2 is 2.07 bits per heavy atom. The highest BCUT2D eigenvalue weighted by Gasteiger charge is 2.03. The van der Waals surface area contributed by atoms with E-state index in [1.165, 1.54) is 0 Å². The molecule has 0 N–H and O–H groups in total. The van der Waals surface area contributed by atoms with Crippen molar-refractivity contribution in [3.63, 3.8) is 0 Å². The number of aromatic nitrogens is 3. The van der Waals surface area contributed by atoms with E-state index >= 15 is 0 Å². The van der Waals surface area contributed by atoms with Crippen molar-refractivity contribution in [2.24, 2.45) is 0 Å². The summed E-state index contributed by atoms with van der Waals surface area (Å²) in [6.07, 6.45) is 4.21. The molecule has 0 saturated heterocycles. The van der Waals surface area contributed by atoms with Gasteiger partial charge in [-0.05, 0) is 6.92 Å². The smallest absolute Gasteiger partial charge is 0.135 e. The zero-order valence-electron chi connectivity index (χ0n) is 8.27. The third-order valence-electron chi connectivity index (χ3n) is 1.89. The molecule has 78 valence electrons. The van der Waals surface area contributed by atoms with Gasteiger partial charge in [0.05, 0.1) is 12.3 Å². The van der Waals surface area contributed by atoms with E-state index < -0.39 is 0 Å². The molecule has 0 atom stereocenters. The molecule has 0 amide bonds. The number of rotatable bonds is 3. The maximum atomic E-state index is 5.65. The van der Waals surface area contributed by atoms with Crippen LogP contribution >= 0.6 is 22.9 Å². The lowest BCUT2D eigenvalue weighted by Crippen LogP contribution is -1.96. The van der Waals surface area contributed by atoms with Crippen LogP contribution in [-0.2, 0) is 12.3 Å². The summed E-state index contributed by atoms with van der Waals surface area (Å²) in [4.78, 5) is 12.8. The normalized spacial score (nSPS) is 10.5. The molecule has 0 aliphatic heterocycles. The van der Waals surface area contributed by atoms with Crippen molar-refractivity contribution in [3.8, 4) is 0 Å². The van der Waals surface area contributed by atoms with Gasteiger partial charge in [-0.25, -0.2) is 15.0 Å². The fraction of sp³-hybridized carbons (Fsp3) is 0.300. The zero-order valence-corrected chi connectivity index (χ0v) is 9.85. The van der Waals surface area contributed by atoms with E-state index in [9.17, 15) is 0 Å². The Labute approximate surface area is 97.2 Å². The van der Waals surface area contributed by atoms with Crippen molar-refractivity contribution in [1.29, 1.82) is 0 Å². The third kappa shape index (κ3) is 2.73. The largest absolute Gasteiger partial charge is 0.246 e. The Balaban J connectivity index is 2.11. The van der Waals surface area contributed by atoms with Gasteiger partial charge in [-0.3, -0.25) is 0 Å². The molecule has 2 rings (SSSR count). The summed E-state index contributed by atoms with van der Waals surface area (Å²) in [6, 6.07) is 0. The number of thiazole rings is 1. The fourth-order valence-electron chi connectivity index (χ4n) is 1.16. The van der Waals surface area contributed by atoms with E-state index in [1.807, 2.05) is 12.3 Å². The van der Waals surface area contributed by atoms with Gasteiger partial charge < -0.3 is 0 Å². The van der Waals surface area contributed by atoms with Gasteiger partial charge in [-0.15, -0.1) is 22.9 Å². The Bertz CT molecular complexity index is 438. The van der Waals surface area contributed by atoms with Crippen LogP contribution < -0.4 is 0 Å². The second-order valence-corrected chi connectivity index (χ2v) is 4.41. The number of nitrogens with zero attached hydrogens (tertiary/aromatic N) is 3. The zero-order chi connectivity index (χ0) is 10.7. The van der Waals surface area contributed by atoms with Gasteiger partial charge in [-0.1, -0.05) is 0 Å². The van der Waals surface area contributed by atoms with Crippen LogP contribution in [0.5, 0.6) is 0 Å². The number of hydrogen-bond acceptors (Lipinski definition) is 4. The van der Waals surface area contributed by atoms with E-state index in [0.29, 0.717) is 12.3 Å². The van der Waals surface area contributed by atoms with Gasteiger partial charge in [0.15, 0.2) is 0 Å². The monoisotopic (exact) mass is 239 g/mol. The summed E-state index contributed by atoms with van der Waals surface area (Å²) < 4.78 is 0. The molecule has 15 heavy (non-hydrogen) atoms. The van der Waals surface area contributed by atoms with Gasteiger partial charge in [0.2, 0.25) is 0 Å². The highest BCUT2D eigenvalue weighted by molar-refractivity contribution is 7.09. The number of halogens is 1. The van der Waals surface area contributed by atoms with Crippen LogP contribution in [0.4, 0.5) is 0 Å². The Morgan fingerprint density at radius 1 is 1.33 bits per heavy atom. The minimum absolute atomic E-state index is 0.455. The van der Waals surface area contributed by atoms with Crippen molar-refractivity contribution in [1.82, 2.24) is 15.0 Å². The van der Waals surface area contributed by atoms with Crippen LogP contribution in [0.2, 0.25) is 0 Å². The van der Waals surface area contributed by atoms with Crippen LogP contribution in [-0.4, -0.2) is 15.0 Å². The second kappa shape index (κ2) is 4.68. The van der Waals surface area contributed by atoms with Gasteiger partial charge in [-0.2, -0.15) is 0 Å². The van der Waals surface area contributed by atoms with E-state index in [0.717, 1.165) is 22.1 Å². The molecule has 3 nitrogen and oxygen atoms in total. The predicted octanol–water partition coefficient (Wildman–Crippen LogP) is 2.57. The molecule has 0 saturated carbocycles. The Kier molecular flexibility index (Phi) is 3.28. The average Bonchev–Trinajstić information content (AvgIpc) is 2.65. The first-order valence-electron chi connectivity index (χ1n) is 4.54. The van der Waals surface area contributed by atoms with E-state index in [2.05, 4.69) is 15.0 Å². The minimum atomic E-state index is 0.455. The van der Waals surface area contributed by atoms with Gasteiger partial charge >= 0.3 is 0 Å². The number of alkyl halides is 1. The van der Waals surface area contributed by atoms with Crippen molar-refractivity contribution in [2.45, 2.75) is 19.2 Å². The molecule has 0 aliphatic carbocycles. The minimum Gasteiger partial charge on any atom is -0.246 e. The first-order chi connectivity index (χ1) is 7.28. The molecular weight excluding hydrogens is 230 g/mol. The summed E-state index contributed by atoms with van der Waals surface area (Å²) >= 11 is 7.29. The average molecular weight is 240 g/mol. The molecule has 2 heterocycles. The Hall–Kier alpha value is -1.00. The lowest BCUT2D eigenvalue weighted by molar-refractivity contribution is 0.939. The summed E-state index contributed by atoms with van der Waals surface area (Å²) in [6.45, 7) is 1.98. The molecular formula is C10H10ClN3S. The van der Waals surface area contributed by atoms with Crippen molar-refractivity contribution in [3.05, 3.63) is 39.9 Å². The second-order valence-electron chi connectivity index (χ2n) is 3.20. The van der Waals surface area contributed by atoms with Crippen LogP contribution in [0.1, 0.15) is 22.1 Å². The summed E-state index contributed by atoms with van der Waals surface area (Å²) in [5.74, 6) is 1.25. The van der Waals surface area contributed by atoms with Crippen LogP contribution in [0.15, 0.2) is 17.8 Å². The highest BCUT2D eigenvalue weighted by atomic mass is 35.5. The predicted molar refractivity (Wildman–Crippen MR) is 61.2 cm³/mol.